The molecule has 0 saturated carbocycles. The van der Waals surface area contributed by atoms with Crippen LogP contribution in [0.1, 0.15) is 31.7 Å². The van der Waals surface area contributed by atoms with Gasteiger partial charge in [-0.2, -0.15) is 0 Å². The molecule has 1 aromatic rings. The van der Waals surface area contributed by atoms with Gasteiger partial charge in [-0.25, -0.2) is 4.99 Å². The van der Waals surface area contributed by atoms with Crippen LogP contribution in [-0.2, 0) is 9.53 Å². The number of benzene rings is 1. The molecule has 1 aliphatic rings. The summed E-state index contributed by atoms with van der Waals surface area (Å²) in [6.45, 7) is 6.86. The highest BCUT2D eigenvalue weighted by Crippen LogP contribution is 2.20. The smallest absolute Gasteiger partial charge is 0.244 e. The minimum absolute atomic E-state index is 0.0230. The van der Waals surface area contributed by atoms with Crippen molar-refractivity contribution >= 4 is 17.6 Å². The number of guanidine groups is 1. The van der Waals surface area contributed by atoms with Gasteiger partial charge in [-0.1, -0.05) is 26.0 Å². The minimum Gasteiger partial charge on any atom is -0.378 e. The third kappa shape index (κ3) is 5.25. The Morgan fingerprint density at radius 3 is 2.61 bits per heavy atom. The number of hydrogen-bond acceptors (Lipinski definition) is 3. The van der Waals surface area contributed by atoms with Gasteiger partial charge in [0, 0.05) is 18.8 Å². The number of carbonyl (C=O) groups excluding carboxylic acids is 1. The van der Waals surface area contributed by atoms with E-state index in [0.717, 1.165) is 12.1 Å². The summed E-state index contributed by atoms with van der Waals surface area (Å²) in [5.41, 5.74) is 8.03. The number of anilines is 1. The largest absolute Gasteiger partial charge is 0.378 e. The first-order chi connectivity index (χ1) is 11.1. The molecule has 1 fully saturated rings. The predicted molar refractivity (Wildman–Crippen MR) is 92.7 cm³/mol. The lowest BCUT2D eigenvalue weighted by Crippen LogP contribution is -2.42. The molecule has 0 aliphatic carbocycles. The Labute approximate surface area is 137 Å². The quantitative estimate of drug-likeness (QED) is 0.641. The number of hydrogen-bond donors (Lipinski definition) is 2. The lowest BCUT2D eigenvalue weighted by molar-refractivity contribution is -0.133. The second-order valence-corrected chi connectivity index (χ2v) is 5.75. The Balaban J connectivity index is 1.85. The van der Waals surface area contributed by atoms with Crippen molar-refractivity contribution in [1.82, 2.24) is 4.90 Å². The molecule has 0 spiro atoms. The third-order valence-electron chi connectivity index (χ3n) is 4.11. The number of morpholine rings is 1. The van der Waals surface area contributed by atoms with E-state index in [1.807, 2.05) is 12.1 Å². The van der Waals surface area contributed by atoms with Gasteiger partial charge in [0.1, 0.15) is 6.54 Å². The molecule has 23 heavy (non-hydrogen) atoms. The third-order valence-corrected chi connectivity index (χ3v) is 4.11. The van der Waals surface area contributed by atoms with E-state index in [1.165, 1.54) is 5.56 Å². The molecule has 0 bridgehead atoms. The van der Waals surface area contributed by atoms with Gasteiger partial charge in [0.05, 0.1) is 13.2 Å². The van der Waals surface area contributed by atoms with Crippen LogP contribution in [0.25, 0.3) is 0 Å². The summed E-state index contributed by atoms with van der Waals surface area (Å²) >= 11 is 0. The van der Waals surface area contributed by atoms with Crippen LogP contribution in [0.5, 0.6) is 0 Å². The molecule has 0 aromatic heterocycles. The summed E-state index contributed by atoms with van der Waals surface area (Å²) in [4.78, 5) is 17.9. The van der Waals surface area contributed by atoms with E-state index in [4.69, 9.17) is 10.5 Å². The molecule has 1 aliphatic heterocycles. The van der Waals surface area contributed by atoms with Gasteiger partial charge in [0.25, 0.3) is 0 Å². The zero-order valence-electron chi connectivity index (χ0n) is 13.9. The number of nitrogens with zero attached hydrogens (tertiary/aromatic N) is 2. The lowest BCUT2D eigenvalue weighted by Gasteiger charge is -2.26. The molecular formula is C17H26N4O2. The average Bonchev–Trinajstić information content (AvgIpc) is 2.60. The average molecular weight is 318 g/mol. The van der Waals surface area contributed by atoms with Crippen LogP contribution in [0, 0.1) is 0 Å². The van der Waals surface area contributed by atoms with Gasteiger partial charge in [0.2, 0.25) is 5.91 Å². The molecule has 1 aromatic carbocycles. The summed E-state index contributed by atoms with van der Waals surface area (Å²) in [7, 11) is 0. The van der Waals surface area contributed by atoms with E-state index < -0.39 is 0 Å². The molecule has 1 saturated heterocycles. The number of rotatable bonds is 5. The zero-order chi connectivity index (χ0) is 16.7. The SMILES string of the molecule is CCC(C)c1ccc(NC(N)=NCC(=O)N2CCOCC2)cc1. The maximum Gasteiger partial charge on any atom is 0.244 e. The van der Waals surface area contributed by atoms with E-state index in [2.05, 4.69) is 36.3 Å². The molecule has 1 unspecified atom stereocenters. The molecule has 126 valence electrons. The first-order valence-electron chi connectivity index (χ1n) is 8.12. The number of amides is 1. The van der Waals surface area contributed by atoms with Crippen LogP contribution in [0.2, 0.25) is 0 Å². The van der Waals surface area contributed by atoms with Crippen molar-refractivity contribution in [3.63, 3.8) is 0 Å². The number of aliphatic imine (C=N–C) groups is 1. The number of carbonyl (C=O) groups is 1. The van der Waals surface area contributed by atoms with E-state index in [1.54, 1.807) is 4.90 Å². The van der Waals surface area contributed by atoms with Gasteiger partial charge >= 0.3 is 0 Å². The fraction of sp³-hybridized carbons (Fsp3) is 0.529. The molecule has 1 atom stereocenters. The van der Waals surface area contributed by atoms with Gasteiger partial charge in [-0.15, -0.1) is 0 Å². The molecule has 2 rings (SSSR count). The Kier molecular flexibility index (Phi) is 6.40. The van der Waals surface area contributed by atoms with Crippen molar-refractivity contribution in [3.05, 3.63) is 29.8 Å². The van der Waals surface area contributed by atoms with Crippen LogP contribution in [0.3, 0.4) is 0 Å². The van der Waals surface area contributed by atoms with Crippen molar-refractivity contribution in [3.8, 4) is 0 Å². The molecule has 6 nitrogen and oxygen atoms in total. The summed E-state index contributed by atoms with van der Waals surface area (Å²) in [6, 6.07) is 8.13. The molecule has 0 radical (unpaired) electrons. The maximum atomic E-state index is 12.0. The van der Waals surface area contributed by atoms with Crippen LogP contribution < -0.4 is 11.1 Å². The lowest BCUT2D eigenvalue weighted by atomic mass is 9.99. The zero-order valence-corrected chi connectivity index (χ0v) is 13.9. The normalized spacial score (nSPS) is 17.0. The molecular weight excluding hydrogens is 292 g/mol. The number of nitrogens with one attached hydrogen (secondary N) is 1. The van der Waals surface area contributed by atoms with Crippen molar-refractivity contribution in [2.24, 2.45) is 10.7 Å². The predicted octanol–water partition coefficient (Wildman–Crippen LogP) is 1.79. The topological polar surface area (TPSA) is 79.9 Å². The van der Waals surface area contributed by atoms with Crippen molar-refractivity contribution in [2.45, 2.75) is 26.2 Å². The van der Waals surface area contributed by atoms with E-state index in [9.17, 15) is 4.79 Å². The van der Waals surface area contributed by atoms with Gasteiger partial charge in [-0.3, -0.25) is 4.79 Å². The minimum atomic E-state index is -0.0230. The van der Waals surface area contributed by atoms with Crippen LogP contribution in [0.15, 0.2) is 29.3 Å². The van der Waals surface area contributed by atoms with E-state index in [0.29, 0.717) is 32.2 Å². The first-order valence-corrected chi connectivity index (χ1v) is 8.12. The first kappa shape index (κ1) is 17.3. The highest BCUT2D eigenvalue weighted by atomic mass is 16.5. The summed E-state index contributed by atoms with van der Waals surface area (Å²) in [5.74, 6) is 0.772. The highest BCUT2D eigenvalue weighted by molar-refractivity contribution is 5.93. The highest BCUT2D eigenvalue weighted by Gasteiger charge is 2.16. The standard InChI is InChI=1S/C17H26N4O2/c1-3-13(2)14-4-6-15(7-5-14)20-17(18)19-12-16(22)21-8-10-23-11-9-21/h4-7,13H,3,8-12H2,1-2H3,(H3,18,19,20). The Morgan fingerprint density at radius 1 is 1.35 bits per heavy atom. The second kappa shape index (κ2) is 8.53. The summed E-state index contributed by atoms with van der Waals surface area (Å²) < 4.78 is 5.22. The monoisotopic (exact) mass is 318 g/mol. The summed E-state index contributed by atoms with van der Waals surface area (Å²) in [6.07, 6.45) is 1.11. The molecule has 3 N–H and O–H groups in total. The van der Waals surface area contributed by atoms with Crippen molar-refractivity contribution in [1.29, 1.82) is 0 Å². The van der Waals surface area contributed by atoms with Crippen LogP contribution in [-0.4, -0.2) is 49.6 Å². The number of ether oxygens (including phenoxy) is 1. The van der Waals surface area contributed by atoms with E-state index >= 15 is 0 Å². The van der Waals surface area contributed by atoms with Crippen molar-refractivity contribution in [2.75, 3.05) is 38.2 Å². The van der Waals surface area contributed by atoms with Gasteiger partial charge in [0.15, 0.2) is 5.96 Å². The Bertz CT molecular complexity index is 536. The second-order valence-electron chi connectivity index (χ2n) is 5.75. The summed E-state index contributed by atoms with van der Waals surface area (Å²) in [5, 5.41) is 3.02. The van der Waals surface area contributed by atoms with Crippen LogP contribution >= 0.6 is 0 Å². The fourth-order valence-electron chi connectivity index (χ4n) is 2.38. The number of nitrogens with two attached hydrogens (primary N) is 1. The maximum absolute atomic E-state index is 12.0. The Morgan fingerprint density at radius 2 is 2.00 bits per heavy atom. The van der Waals surface area contributed by atoms with Gasteiger partial charge < -0.3 is 20.7 Å². The molecule has 6 heteroatoms. The fourth-order valence-corrected chi connectivity index (χ4v) is 2.38. The Hall–Kier alpha value is -2.08. The molecule has 1 amide bonds. The van der Waals surface area contributed by atoms with Crippen LogP contribution in [0.4, 0.5) is 5.69 Å². The molecule has 1 heterocycles. The van der Waals surface area contributed by atoms with Gasteiger partial charge in [-0.05, 0) is 30.0 Å². The van der Waals surface area contributed by atoms with E-state index in [-0.39, 0.29) is 18.4 Å². The van der Waals surface area contributed by atoms with Crippen molar-refractivity contribution < 1.29 is 9.53 Å².